The molecule has 262 valence electrons. The number of piperazine rings is 1. The van der Waals surface area contributed by atoms with Gasteiger partial charge in [0.25, 0.3) is 0 Å². The highest BCUT2D eigenvalue weighted by molar-refractivity contribution is 8.01. The molecule has 2 atom stereocenters. The fourth-order valence-electron chi connectivity index (χ4n) is 7.30. The van der Waals surface area contributed by atoms with Crippen LogP contribution in [0.1, 0.15) is 85.6 Å². The van der Waals surface area contributed by atoms with Crippen LogP contribution >= 0.6 is 11.8 Å². The van der Waals surface area contributed by atoms with Gasteiger partial charge in [-0.1, -0.05) is 32.9 Å². The van der Waals surface area contributed by atoms with Crippen molar-refractivity contribution in [3.05, 3.63) is 58.4 Å². The Morgan fingerprint density at radius 2 is 1.71 bits per heavy atom. The molecule has 0 saturated carbocycles. The van der Waals surface area contributed by atoms with Gasteiger partial charge in [0.15, 0.2) is 5.65 Å². The van der Waals surface area contributed by atoms with E-state index in [-0.39, 0.29) is 53.5 Å². The lowest BCUT2D eigenvalue weighted by Crippen LogP contribution is -2.53. The van der Waals surface area contributed by atoms with E-state index < -0.39 is 5.25 Å². The molecular weight excluding hydrogens is 630 g/mol. The van der Waals surface area contributed by atoms with E-state index in [0.717, 1.165) is 30.6 Å². The number of halogens is 1. The minimum atomic E-state index is -0.545. The Labute approximate surface area is 288 Å². The predicted octanol–water partition coefficient (Wildman–Crippen LogP) is 5.66. The second-order valence-electron chi connectivity index (χ2n) is 15.6. The zero-order chi connectivity index (χ0) is 34.4. The highest BCUT2D eigenvalue weighted by Gasteiger charge is 2.44. The average Bonchev–Trinajstić information content (AvgIpc) is 3.54. The van der Waals surface area contributed by atoms with Crippen molar-refractivity contribution >= 4 is 40.4 Å². The standard InChI is InChI=1S/C36H50FN7O3S.H2/c1-35(2,3)14-18-43-32(46)28(23-29(45)40-16-12-24(13-17-40)44-27-11-8-15-38-31(27)39-34(44)47)48-33(43)25-9-7-10-26(37)30(25)41-19-21-42(22-20-41)36(4,5)6;/h7-11,15,24,28,33H,12-14,16-23H2,1-6H3,(H,38,39,47);1H/t28-,33?;/m0./s1. The Kier molecular flexibility index (Phi) is 9.70. The third kappa shape index (κ3) is 7.15. The quantitative estimate of drug-likeness (QED) is 0.344. The first-order chi connectivity index (χ1) is 22.7. The Morgan fingerprint density at radius 1 is 1.00 bits per heavy atom. The number of thioether (sulfide) groups is 1. The van der Waals surface area contributed by atoms with Crippen molar-refractivity contribution in [2.75, 3.05) is 50.7 Å². The number of benzene rings is 1. The summed E-state index contributed by atoms with van der Waals surface area (Å²) >= 11 is 1.49. The number of carbonyl (C=O) groups excluding carboxylic acids is 2. The predicted molar refractivity (Wildman–Crippen MR) is 192 cm³/mol. The molecule has 5 heterocycles. The van der Waals surface area contributed by atoms with Gasteiger partial charge >= 0.3 is 5.69 Å². The maximum absolute atomic E-state index is 15.8. The van der Waals surface area contributed by atoms with Crippen LogP contribution in [-0.4, -0.2) is 97.7 Å². The van der Waals surface area contributed by atoms with Crippen LogP contribution < -0.4 is 10.6 Å². The molecule has 1 N–H and O–H groups in total. The first-order valence-electron chi connectivity index (χ1n) is 17.3. The number of hydrogen-bond donors (Lipinski definition) is 1. The minimum absolute atomic E-state index is 0. The van der Waals surface area contributed by atoms with Gasteiger partial charge in [-0.15, -0.1) is 11.8 Å². The molecule has 6 rings (SSSR count). The molecule has 3 aliphatic heterocycles. The Bertz CT molecular complexity index is 1700. The SMILES string of the molecule is CC(C)(C)CCN1C(=O)[C@H](CC(=O)N2CCC(n3c(=O)[nH]c4ncccc43)CC2)SC1c1cccc(F)c1N1CCN(C(C)(C)C)CC1.[HH]. The molecule has 0 bridgehead atoms. The zero-order valence-electron chi connectivity index (χ0n) is 29.2. The molecule has 2 aromatic heterocycles. The van der Waals surface area contributed by atoms with Gasteiger partial charge in [-0.2, -0.15) is 0 Å². The summed E-state index contributed by atoms with van der Waals surface area (Å²) in [4.78, 5) is 55.9. The lowest BCUT2D eigenvalue weighted by atomic mass is 9.92. The van der Waals surface area contributed by atoms with Crippen molar-refractivity contribution in [2.45, 2.75) is 89.4 Å². The molecule has 48 heavy (non-hydrogen) atoms. The summed E-state index contributed by atoms with van der Waals surface area (Å²) in [5.74, 6) is -0.377. The maximum Gasteiger partial charge on any atom is 0.327 e. The van der Waals surface area contributed by atoms with Gasteiger partial charge in [-0.05, 0) is 63.6 Å². The van der Waals surface area contributed by atoms with Gasteiger partial charge in [-0.25, -0.2) is 14.2 Å². The molecule has 2 amide bonds. The number of hydrogen-bond acceptors (Lipinski definition) is 7. The van der Waals surface area contributed by atoms with E-state index in [1.807, 2.05) is 28.0 Å². The number of pyridine rings is 1. The first kappa shape index (κ1) is 34.5. The van der Waals surface area contributed by atoms with E-state index in [2.05, 4.69) is 61.3 Å². The smallest absolute Gasteiger partial charge is 0.327 e. The number of para-hydroxylation sites is 1. The number of aromatic nitrogens is 3. The molecule has 0 spiro atoms. The monoisotopic (exact) mass is 681 g/mol. The molecule has 3 aliphatic rings. The third-order valence-electron chi connectivity index (χ3n) is 10.1. The number of carbonyl (C=O) groups is 2. The lowest BCUT2D eigenvalue weighted by molar-refractivity contribution is -0.136. The number of anilines is 1. The van der Waals surface area contributed by atoms with E-state index in [4.69, 9.17) is 0 Å². The highest BCUT2D eigenvalue weighted by atomic mass is 32.2. The molecule has 3 fully saturated rings. The molecule has 10 nitrogen and oxygen atoms in total. The van der Waals surface area contributed by atoms with E-state index in [1.165, 1.54) is 17.8 Å². The average molecular weight is 682 g/mol. The normalized spacial score (nSPS) is 21.9. The van der Waals surface area contributed by atoms with Crippen LogP contribution in [0.2, 0.25) is 0 Å². The number of imidazole rings is 1. The number of nitrogens with one attached hydrogen (secondary N) is 1. The number of rotatable bonds is 7. The summed E-state index contributed by atoms with van der Waals surface area (Å²) in [6.45, 7) is 17.7. The van der Waals surface area contributed by atoms with Gasteiger partial charge < -0.3 is 14.7 Å². The van der Waals surface area contributed by atoms with Crippen LogP contribution in [0, 0.1) is 11.2 Å². The first-order valence-corrected chi connectivity index (χ1v) is 18.2. The van der Waals surface area contributed by atoms with E-state index in [9.17, 15) is 14.4 Å². The molecule has 1 unspecified atom stereocenters. The van der Waals surface area contributed by atoms with Crippen LogP contribution in [0.25, 0.3) is 11.2 Å². The maximum atomic E-state index is 15.8. The summed E-state index contributed by atoms with van der Waals surface area (Å²) in [6.07, 6.45) is 3.85. The topological polar surface area (TPSA) is 97.8 Å². The largest absolute Gasteiger partial charge is 0.366 e. The third-order valence-corrected chi connectivity index (χ3v) is 11.6. The Morgan fingerprint density at radius 3 is 2.38 bits per heavy atom. The second kappa shape index (κ2) is 13.5. The fourth-order valence-corrected chi connectivity index (χ4v) is 8.79. The second-order valence-corrected chi connectivity index (χ2v) is 16.9. The van der Waals surface area contributed by atoms with Crippen molar-refractivity contribution in [1.82, 2.24) is 29.2 Å². The molecule has 0 aliphatic carbocycles. The molecule has 3 aromatic rings. The number of piperidine rings is 1. The van der Waals surface area contributed by atoms with Crippen molar-refractivity contribution in [3.8, 4) is 0 Å². The summed E-state index contributed by atoms with van der Waals surface area (Å²) in [5.41, 5.74) is 2.59. The van der Waals surface area contributed by atoms with Crippen molar-refractivity contribution < 1.29 is 15.4 Å². The van der Waals surface area contributed by atoms with Crippen molar-refractivity contribution in [1.29, 1.82) is 0 Å². The number of fused-ring (bicyclic) bond motifs is 1. The van der Waals surface area contributed by atoms with Crippen LogP contribution in [0.15, 0.2) is 41.3 Å². The van der Waals surface area contributed by atoms with Crippen LogP contribution in [0.5, 0.6) is 0 Å². The number of H-pyrrole nitrogens is 1. The van der Waals surface area contributed by atoms with Gasteiger partial charge in [0.1, 0.15) is 11.2 Å². The summed E-state index contributed by atoms with van der Waals surface area (Å²) in [6, 6.07) is 8.89. The molecule has 3 saturated heterocycles. The molecule has 1 aromatic carbocycles. The summed E-state index contributed by atoms with van der Waals surface area (Å²) in [7, 11) is 0. The van der Waals surface area contributed by atoms with Crippen molar-refractivity contribution in [2.24, 2.45) is 5.41 Å². The summed E-state index contributed by atoms with van der Waals surface area (Å²) < 4.78 is 17.5. The Hall–Kier alpha value is -3.38. The van der Waals surface area contributed by atoms with Gasteiger partial charge in [0.2, 0.25) is 11.8 Å². The van der Waals surface area contributed by atoms with E-state index in [1.54, 1.807) is 16.8 Å². The van der Waals surface area contributed by atoms with Crippen molar-refractivity contribution in [3.63, 3.8) is 0 Å². The van der Waals surface area contributed by atoms with Gasteiger partial charge in [-0.3, -0.25) is 24.0 Å². The number of aromatic amines is 1. The molecule has 0 radical (unpaired) electrons. The minimum Gasteiger partial charge on any atom is -0.366 e. The number of likely N-dealkylation sites (tertiary alicyclic amines) is 1. The van der Waals surface area contributed by atoms with Gasteiger partial charge in [0.05, 0.1) is 16.5 Å². The van der Waals surface area contributed by atoms with Crippen LogP contribution in [-0.2, 0) is 9.59 Å². The lowest BCUT2D eigenvalue weighted by Gasteiger charge is -2.43. The van der Waals surface area contributed by atoms with E-state index >= 15 is 4.39 Å². The van der Waals surface area contributed by atoms with Crippen LogP contribution in [0.4, 0.5) is 10.1 Å². The Balaban J connectivity index is 0.00000468. The molecule has 12 heteroatoms. The van der Waals surface area contributed by atoms with Gasteiger partial charge in [0, 0.05) is 77.0 Å². The van der Waals surface area contributed by atoms with E-state index in [0.29, 0.717) is 56.9 Å². The number of amides is 2. The number of nitrogens with zero attached hydrogens (tertiary/aromatic N) is 6. The fraction of sp³-hybridized carbons (Fsp3) is 0.611. The van der Waals surface area contributed by atoms with Crippen LogP contribution in [0.3, 0.4) is 0 Å². The summed E-state index contributed by atoms with van der Waals surface area (Å²) in [5, 5.41) is -0.923. The molecular formula is C36H52FN7O3S. The zero-order valence-corrected chi connectivity index (χ0v) is 30.0. The highest BCUT2D eigenvalue weighted by Crippen LogP contribution is 2.48.